The van der Waals surface area contributed by atoms with Crippen LogP contribution in [0.2, 0.25) is 15.3 Å². The van der Waals surface area contributed by atoms with Gasteiger partial charge in [0.2, 0.25) is 0 Å². The summed E-state index contributed by atoms with van der Waals surface area (Å²) in [5.41, 5.74) is 2.45. The SMILES string of the molecule is C[C@@H](NC(=O)c1nn(-c2ccc(Cl)cc2Cl)c2c1CS(=O)(=O)C/C2=C\c1ccc(Cl)o1)c1ccccc1. The standard InChI is InChI=1S/C26H20Cl3N3O4S/c1-15(16-5-3-2-4-6-16)30-26(33)24-20-14-37(34,35)13-17(11-19-8-10-23(29)36-19)25(20)32(31-24)22-9-7-18(27)12-21(22)28/h2-12,15H,13-14H2,1H3,(H,30,33)/b17-11+/t15-/m1/s1. The number of hydrogen-bond donors (Lipinski definition) is 1. The van der Waals surface area contributed by atoms with Crippen molar-refractivity contribution in [3.63, 3.8) is 0 Å². The fourth-order valence-electron chi connectivity index (χ4n) is 4.28. The van der Waals surface area contributed by atoms with Crippen LogP contribution in [0.3, 0.4) is 0 Å². The van der Waals surface area contributed by atoms with Gasteiger partial charge >= 0.3 is 0 Å². The van der Waals surface area contributed by atoms with Crippen LogP contribution in [0.5, 0.6) is 0 Å². The van der Waals surface area contributed by atoms with Gasteiger partial charge in [0.05, 0.1) is 34.0 Å². The van der Waals surface area contributed by atoms with Crippen molar-refractivity contribution in [1.82, 2.24) is 15.1 Å². The number of amides is 1. The lowest BCUT2D eigenvalue weighted by atomic mass is 10.0. The maximum Gasteiger partial charge on any atom is 0.272 e. The van der Waals surface area contributed by atoms with E-state index < -0.39 is 15.7 Å². The Balaban J connectivity index is 1.68. The number of benzene rings is 2. The molecule has 1 aliphatic heterocycles. The highest BCUT2D eigenvalue weighted by Gasteiger charge is 2.35. The predicted molar refractivity (Wildman–Crippen MR) is 145 cm³/mol. The summed E-state index contributed by atoms with van der Waals surface area (Å²) in [5.74, 6) is -0.779. The van der Waals surface area contributed by atoms with Gasteiger partial charge in [-0.25, -0.2) is 13.1 Å². The van der Waals surface area contributed by atoms with Gasteiger partial charge in [-0.3, -0.25) is 4.79 Å². The zero-order chi connectivity index (χ0) is 26.3. The van der Waals surface area contributed by atoms with Gasteiger partial charge in [0, 0.05) is 10.6 Å². The first-order valence-corrected chi connectivity index (χ1v) is 14.2. The minimum Gasteiger partial charge on any atom is -0.445 e. The molecule has 0 saturated carbocycles. The molecule has 1 amide bonds. The van der Waals surface area contributed by atoms with E-state index in [0.29, 0.717) is 27.7 Å². The Morgan fingerprint density at radius 2 is 1.84 bits per heavy atom. The van der Waals surface area contributed by atoms with Crippen molar-refractivity contribution in [3.8, 4) is 5.69 Å². The minimum absolute atomic E-state index is 0.00421. The highest BCUT2D eigenvalue weighted by atomic mass is 35.5. The molecular weight excluding hydrogens is 557 g/mol. The third kappa shape index (κ3) is 5.33. The quantitative estimate of drug-likeness (QED) is 0.297. The number of aromatic nitrogens is 2. The molecule has 2 aromatic heterocycles. The number of rotatable bonds is 5. The van der Waals surface area contributed by atoms with E-state index in [1.54, 1.807) is 36.4 Å². The van der Waals surface area contributed by atoms with E-state index in [1.807, 2.05) is 37.3 Å². The number of carbonyl (C=O) groups is 1. The second-order valence-corrected chi connectivity index (χ2v) is 11.9. The molecule has 7 nitrogen and oxygen atoms in total. The lowest BCUT2D eigenvalue weighted by Gasteiger charge is -2.19. The van der Waals surface area contributed by atoms with Crippen LogP contribution in [0.25, 0.3) is 17.3 Å². The van der Waals surface area contributed by atoms with E-state index in [2.05, 4.69) is 10.4 Å². The maximum atomic E-state index is 13.5. The second kappa shape index (κ2) is 10.0. The molecular formula is C26H20Cl3N3O4S. The molecule has 5 rings (SSSR count). The number of fused-ring (bicyclic) bond motifs is 1. The van der Waals surface area contributed by atoms with Crippen LogP contribution < -0.4 is 5.32 Å². The van der Waals surface area contributed by atoms with Gasteiger partial charge in [0.25, 0.3) is 5.91 Å². The molecule has 0 saturated heterocycles. The second-order valence-electron chi connectivity index (χ2n) is 8.63. The summed E-state index contributed by atoms with van der Waals surface area (Å²) in [6.45, 7) is 1.84. The number of nitrogens with zero attached hydrogens (tertiary/aromatic N) is 2. The molecule has 0 bridgehead atoms. The van der Waals surface area contributed by atoms with Gasteiger partial charge < -0.3 is 9.73 Å². The average molecular weight is 577 g/mol. The fraction of sp³-hybridized carbons (Fsp3) is 0.154. The summed E-state index contributed by atoms with van der Waals surface area (Å²) in [5, 5.41) is 8.38. The fourth-order valence-corrected chi connectivity index (χ4v) is 6.43. The monoisotopic (exact) mass is 575 g/mol. The molecule has 0 aliphatic carbocycles. The third-order valence-electron chi connectivity index (χ3n) is 5.94. The molecule has 2 aromatic carbocycles. The number of furan rings is 1. The van der Waals surface area contributed by atoms with Crippen molar-refractivity contribution >= 4 is 62.2 Å². The van der Waals surface area contributed by atoms with Crippen molar-refractivity contribution < 1.29 is 17.6 Å². The van der Waals surface area contributed by atoms with Crippen molar-refractivity contribution in [2.45, 2.75) is 18.7 Å². The highest BCUT2D eigenvalue weighted by Crippen LogP contribution is 2.37. The summed E-state index contributed by atoms with van der Waals surface area (Å²) in [6.07, 6.45) is 1.58. The summed E-state index contributed by atoms with van der Waals surface area (Å²) in [4.78, 5) is 13.5. The Bertz CT molecular complexity index is 1640. The molecule has 3 heterocycles. The Labute approximate surface area is 228 Å². The first-order valence-electron chi connectivity index (χ1n) is 11.2. The van der Waals surface area contributed by atoms with Gasteiger partial charge in [-0.2, -0.15) is 5.10 Å². The van der Waals surface area contributed by atoms with Crippen LogP contribution in [0.1, 0.15) is 46.0 Å². The molecule has 190 valence electrons. The van der Waals surface area contributed by atoms with Crippen LogP contribution in [-0.2, 0) is 15.6 Å². The van der Waals surface area contributed by atoms with E-state index in [1.165, 1.54) is 4.68 Å². The van der Waals surface area contributed by atoms with Gasteiger partial charge in [0.15, 0.2) is 20.8 Å². The number of hydrogen-bond acceptors (Lipinski definition) is 5. The van der Waals surface area contributed by atoms with E-state index in [0.717, 1.165) is 5.56 Å². The molecule has 0 unspecified atom stereocenters. The lowest BCUT2D eigenvalue weighted by molar-refractivity contribution is 0.0933. The topological polar surface area (TPSA) is 94.2 Å². The van der Waals surface area contributed by atoms with Gasteiger partial charge in [-0.05, 0) is 66.1 Å². The number of carbonyl (C=O) groups excluding carboxylic acids is 1. The van der Waals surface area contributed by atoms with Crippen LogP contribution in [0.4, 0.5) is 0 Å². The molecule has 0 fully saturated rings. The summed E-state index contributed by atoms with van der Waals surface area (Å²) in [6, 6.07) is 17.1. The van der Waals surface area contributed by atoms with Crippen LogP contribution in [-0.4, -0.2) is 29.9 Å². The molecule has 1 aliphatic rings. The van der Waals surface area contributed by atoms with Gasteiger partial charge in [-0.15, -0.1) is 0 Å². The molecule has 0 radical (unpaired) electrons. The molecule has 11 heteroatoms. The van der Waals surface area contributed by atoms with Crippen molar-refractivity contribution in [3.05, 3.63) is 104 Å². The Hall–Kier alpha value is -3.04. The zero-order valence-electron chi connectivity index (χ0n) is 19.4. The van der Waals surface area contributed by atoms with Crippen molar-refractivity contribution in [2.24, 2.45) is 0 Å². The summed E-state index contributed by atoms with van der Waals surface area (Å²) < 4.78 is 32.9. The van der Waals surface area contributed by atoms with E-state index in [9.17, 15) is 13.2 Å². The van der Waals surface area contributed by atoms with Gasteiger partial charge in [0.1, 0.15) is 5.76 Å². The average Bonchev–Trinajstić information content (AvgIpc) is 3.42. The molecule has 4 aromatic rings. The smallest absolute Gasteiger partial charge is 0.272 e. The van der Waals surface area contributed by atoms with Crippen molar-refractivity contribution in [1.29, 1.82) is 0 Å². The zero-order valence-corrected chi connectivity index (χ0v) is 22.5. The van der Waals surface area contributed by atoms with Gasteiger partial charge in [-0.1, -0.05) is 53.5 Å². The minimum atomic E-state index is -3.61. The lowest BCUT2D eigenvalue weighted by Crippen LogP contribution is -2.29. The number of halogens is 3. The van der Waals surface area contributed by atoms with Crippen LogP contribution >= 0.6 is 34.8 Å². The Kier molecular flexibility index (Phi) is 6.93. The van der Waals surface area contributed by atoms with Crippen LogP contribution in [0, 0.1) is 0 Å². The van der Waals surface area contributed by atoms with E-state index in [-0.39, 0.29) is 39.0 Å². The number of sulfone groups is 1. The number of nitrogens with one attached hydrogen (secondary N) is 1. The molecule has 0 spiro atoms. The van der Waals surface area contributed by atoms with E-state index >= 15 is 0 Å². The molecule has 37 heavy (non-hydrogen) atoms. The predicted octanol–water partition coefficient (Wildman–Crippen LogP) is 6.39. The maximum absolute atomic E-state index is 13.5. The summed E-state index contributed by atoms with van der Waals surface area (Å²) >= 11 is 18.5. The normalized spacial score (nSPS) is 16.4. The van der Waals surface area contributed by atoms with E-state index in [4.69, 9.17) is 39.2 Å². The Morgan fingerprint density at radius 3 is 2.51 bits per heavy atom. The molecule has 1 atom stereocenters. The first kappa shape index (κ1) is 25.6. The molecule has 1 N–H and O–H groups in total. The Morgan fingerprint density at radius 1 is 1.08 bits per heavy atom. The van der Waals surface area contributed by atoms with Crippen LogP contribution in [0.15, 0.2) is 65.1 Å². The third-order valence-corrected chi connectivity index (χ3v) is 8.16. The first-order chi connectivity index (χ1) is 17.6. The van der Waals surface area contributed by atoms with Crippen molar-refractivity contribution in [2.75, 3.05) is 5.75 Å². The summed E-state index contributed by atoms with van der Waals surface area (Å²) in [7, 11) is -3.61. The largest absolute Gasteiger partial charge is 0.445 e. The highest BCUT2D eigenvalue weighted by molar-refractivity contribution is 7.91.